The monoisotopic (exact) mass is 299 g/mol. The number of carbonyl (C=O) groups excluding carboxylic acids is 1. The van der Waals surface area contributed by atoms with Gasteiger partial charge in [-0.05, 0) is 38.0 Å². The van der Waals surface area contributed by atoms with Gasteiger partial charge in [0, 0.05) is 19.3 Å². The molecule has 1 aromatic heterocycles. The maximum Gasteiger partial charge on any atom is 0.244 e. The topological polar surface area (TPSA) is 63.1 Å². The first-order chi connectivity index (χ1) is 10.5. The second-order valence-electron chi connectivity index (χ2n) is 5.81. The molecule has 0 radical (unpaired) electrons. The smallest absolute Gasteiger partial charge is 0.244 e. The molecule has 1 aliphatic rings. The Hall–Kier alpha value is -2.37. The van der Waals surface area contributed by atoms with E-state index in [1.54, 1.807) is 4.90 Å². The van der Waals surface area contributed by atoms with E-state index in [0.29, 0.717) is 6.54 Å². The van der Waals surface area contributed by atoms with Gasteiger partial charge in [0.15, 0.2) is 0 Å². The van der Waals surface area contributed by atoms with Gasteiger partial charge in [0.2, 0.25) is 5.91 Å². The van der Waals surface area contributed by atoms with Crippen LogP contribution in [0, 0.1) is 13.8 Å². The highest BCUT2D eigenvalue weighted by Crippen LogP contribution is 2.18. The van der Waals surface area contributed by atoms with E-state index in [4.69, 9.17) is 0 Å². The lowest BCUT2D eigenvalue weighted by molar-refractivity contribution is -0.127. The van der Waals surface area contributed by atoms with Crippen LogP contribution in [0.15, 0.2) is 24.3 Å². The Balaban J connectivity index is 1.73. The summed E-state index contributed by atoms with van der Waals surface area (Å²) in [6, 6.07) is 8.01. The van der Waals surface area contributed by atoms with Crippen LogP contribution in [-0.4, -0.2) is 45.2 Å². The van der Waals surface area contributed by atoms with Crippen molar-refractivity contribution < 1.29 is 4.79 Å². The Morgan fingerprint density at radius 1 is 1.36 bits per heavy atom. The molecule has 116 valence electrons. The molecule has 0 unspecified atom stereocenters. The molecule has 1 aliphatic heterocycles. The van der Waals surface area contributed by atoms with Crippen LogP contribution in [0.3, 0.4) is 0 Å². The van der Waals surface area contributed by atoms with Crippen molar-refractivity contribution in [1.29, 1.82) is 0 Å². The molecular weight excluding hydrogens is 278 g/mol. The third-order valence-electron chi connectivity index (χ3n) is 3.99. The molecule has 2 heterocycles. The molecule has 1 saturated heterocycles. The molecule has 1 atom stereocenters. The zero-order valence-electron chi connectivity index (χ0n) is 13.2. The number of benzene rings is 1. The molecule has 2 aromatic rings. The van der Waals surface area contributed by atoms with Crippen LogP contribution >= 0.6 is 0 Å². The van der Waals surface area contributed by atoms with E-state index < -0.39 is 0 Å². The minimum Gasteiger partial charge on any atom is -0.374 e. The quantitative estimate of drug-likeness (QED) is 0.931. The summed E-state index contributed by atoms with van der Waals surface area (Å²) in [4.78, 5) is 18.1. The van der Waals surface area contributed by atoms with Crippen molar-refractivity contribution in [2.75, 3.05) is 18.9 Å². The van der Waals surface area contributed by atoms with E-state index in [0.717, 1.165) is 35.9 Å². The number of aryl methyl sites for hydroxylation is 2. The van der Waals surface area contributed by atoms with Gasteiger partial charge in [-0.1, -0.05) is 12.1 Å². The molecule has 1 amide bonds. The number of hydrogen-bond acceptors (Lipinski definition) is 4. The molecule has 1 N–H and O–H groups in total. The zero-order valence-corrected chi connectivity index (χ0v) is 13.2. The Labute approximate surface area is 130 Å². The van der Waals surface area contributed by atoms with Crippen molar-refractivity contribution in [2.24, 2.45) is 0 Å². The minimum absolute atomic E-state index is 0.115. The van der Waals surface area contributed by atoms with Gasteiger partial charge in [-0.3, -0.25) is 4.79 Å². The van der Waals surface area contributed by atoms with E-state index >= 15 is 0 Å². The van der Waals surface area contributed by atoms with Crippen molar-refractivity contribution in [3.63, 3.8) is 0 Å². The minimum atomic E-state index is -0.115. The summed E-state index contributed by atoms with van der Waals surface area (Å²) in [5.41, 5.74) is 2.11. The Bertz CT molecular complexity index is 694. The number of anilines is 1. The van der Waals surface area contributed by atoms with Crippen LogP contribution in [0.1, 0.15) is 23.6 Å². The number of likely N-dealkylation sites (tertiary alicyclic amines) is 1. The second-order valence-corrected chi connectivity index (χ2v) is 5.81. The average Bonchev–Trinajstić information content (AvgIpc) is 2.95. The first-order valence-corrected chi connectivity index (χ1v) is 7.51. The number of aromatic nitrogens is 3. The van der Waals surface area contributed by atoms with Gasteiger partial charge in [-0.25, -0.2) is 9.67 Å². The van der Waals surface area contributed by atoms with Crippen molar-refractivity contribution >= 4 is 11.6 Å². The third kappa shape index (κ3) is 2.95. The number of rotatable bonds is 4. The highest BCUT2D eigenvalue weighted by Gasteiger charge is 2.28. The molecular formula is C16H21N5O. The van der Waals surface area contributed by atoms with Gasteiger partial charge in [0.25, 0.3) is 0 Å². The standard InChI is InChI=1S/C16H21N5O/c1-11-17-12(2)21(19-11)10-13-5-4-6-14(9-13)18-15-7-8-20(3)16(15)22/h4-6,9,15,18H,7-8,10H2,1-3H3/t15-/m0/s1. The maximum atomic E-state index is 12.0. The van der Waals surface area contributed by atoms with Crippen molar-refractivity contribution in [1.82, 2.24) is 19.7 Å². The predicted octanol–water partition coefficient (Wildman–Crippen LogP) is 1.59. The van der Waals surface area contributed by atoms with Crippen molar-refractivity contribution in [2.45, 2.75) is 32.9 Å². The van der Waals surface area contributed by atoms with Gasteiger partial charge in [0.1, 0.15) is 17.7 Å². The van der Waals surface area contributed by atoms with Gasteiger partial charge in [-0.15, -0.1) is 0 Å². The van der Waals surface area contributed by atoms with E-state index in [1.807, 2.05) is 37.7 Å². The molecule has 0 spiro atoms. The summed E-state index contributed by atoms with van der Waals surface area (Å²) in [6.07, 6.45) is 0.848. The third-order valence-corrected chi connectivity index (χ3v) is 3.99. The lowest BCUT2D eigenvalue weighted by Crippen LogP contribution is -2.30. The summed E-state index contributed by atoms with van der Waals surface area (Å²) < 4.78 is 1.89. The summed E-state index contributed by atoms with van der Waals surface area (Å²) in [5, 5.41) is 7.72. The van der Waals surface area contributed by atoms with Crippen LogP contribution in [0.5, 0.6) is 0 Å². The fourth-order valence-electron chi connectivity index (χ4n) is 2.80. The van der Waals surface area contributed by atoms with Crippen LogP contribution in [0.2, 0.25) is 0 Å². The highest BCUT2D eigenvalue weighted by molar-refractivity contribution is 5.86. The van der Waals surface area contributed by atoms with Gasteiger partial charge < -0.3 is 10.2 Å². The van der Waals surface area contributed by atoms with Crippen molar-refractivity contribution in [3.05, 3.63) is 41.5 Å². The molecule has 6 nitrogen and oxygen atoms in total. The molecule has 1 aromatic carbocycles. The first-order valence-electron chi connectivity index (χ1n) is 7.51. The molecule has 0 aliphatic carbocycles. The average molecular weight is 299 g/mol. The second kappa shape index (κ2) is 5.79. The SMILES string of the molecule is Cc1nc(C)n(Cc2cccc(N[C@H]3CCN(C)C3=O)c2)n1. The molecule has 6 heteroatoms. The summed E-state index contributed by atoms with van der Waals surface area (Å²) in [5.74, 6) is 1.85. The first kappa shape index (κ1) is 14.6. The van der Waals surface area contributed by atoms with Crippen LogP contribution in [0.4, 0.5) is 5.69 Å². The number of carbonyl (C=O) groups is 1. The van der Waals surface area contributed by atoms with E-state index in [9.17, 15) is 4.79 Å². The van der Waals surface area contributed by atoms with Gasteiger partial charge in [-0.2, -0.15) is 5.10 Å². The maximum absolute atomic E-state index is 12.0. The lowest BCUT2D eigenvalue weighted by Gasteiger charge is -2.14. The predicted molar refractivity (Wildman–Crippen MR) is 84.7 cm³/mol. The van der Waals surface area contributed by atoms with Crippen LogP contribution in [0.25, 0.3) is 0 Å². The lowest BCUT2D eigenvalue weighted by atomic mass is 10.1. The number of likely N-dealkylation sites (N-methyl/N-ethyl adjacent to an activating group) is 1. The molecule has 0 saturated carbocycles. The number of nitrogens with zero attached hydrogens (tertiary/aromatic N) is 4. The summed E-state index contributed by atoms with van der Waals surface area (Å²) in [7, 11) is 1.84. The molecule has 22 heavy (non-hydrogen) atoms. The molecule has 1 fully saturated rings. The summed E-state index contributed by atoms with van der Waals surface area (Å²) >= 11 is 0. The highest BCUT2D eigenvalue weighted by atomic mass is 16.2. The zero-order chi connectivity index (χ0) is 15.7. The van der Waals surface area contributed by atoms with Crippen LogP contribution < -0.4 is 5.32 Å². The van der Waals surface area contributed by atoms with E-state index in [1.165, 1.54) is 0 Å². The van der Waals surface area contributed by atoms with Crippen LogP contribution in [-0.2, 0) is 11.3 Å². The van der Waals surface area contributed by atoms with Gasteiger partial charge >= 0.3 is 0 Å². The van der Waals surface area contributed by atoms with E-state index in [-0.39, 0.29) is 11.9 Å². The Morgan fingerprint density at radius 2 is 2.18 bits per heavy atom. The number of hydrogen-bond donors (Lipinski definition) is 1. The fourth-order valence-corrected chi connectivity index (χ4v) is 2.80. The number of nitrogens with one attached hydrogen (secondary N) is 1. The summed E-state index contributed by atoms with van der Waals surface area (Å²) in [6.45, 7) is 5.34. The normalized spacial score (nSPS) is 18.0. The largest absolute Gasteiger partial charge is 0.374 e. The van der Waals surface area contributed by atoms with Gasteiger partial charge in [0.05, 0.1) is 6.54 Å². The molecule has 0 bridgehead atoms. The Kier molecular flexibility index (Phi) is 3.83. The number of amides is 1. The van der Waals surface area contributed by atoms with E-state index in [2.05, 4.69) is 27.5 Å². The fraction of sp³-hybridized carbons (Fsp3) is 0.438. The Morgan fingerprint density at radius 3 is 2.82 bits per heavy atom. The molecule has 3 rings (SSSR count). The van der Waals surface area contributed by atoms with Crippen molar-refractivity contribution in [3.8, 4) is 0 Å².